The van der Waals surface area contributed by atoms with Crippen molar-refractivity contribution in [1.29, 1.82) is 0 Å². The first-order chi connectivity index (χ1) is 10.1. The largest absolute Gasteiger partial charge is 0.489 e. The summed E-state index contributed by atoms with van der Waals surface area (Å²) in [5.74, 6) is 0.410. The van der Waals surface area contributed by atoms with Gasteiger partial charge in [0, 0.05) is 21.6 Å². The second-order valence-electron chi connectivity index (χ2n) is 4.56. The van der Waals surface area contributed by atoms with Crippen molar-refractivity contribution < 1.29 is 9.13 Å². The molecule has 2 aromatic carbocycles. The molecule has 0 heterocycles. The second kappa shape index (κ2) is 7.78. The lowest BCUT2D eigenvalue weighted by molar-refractivity contribution is 0.305. The zero-order valence-electron chi connectivity index (χ0n) is 11.6. The number of rotatable bonds is 6. The minimum Gasteiger partial charge on any atom is -0.489 e. The highest BCUT2D eigenvalue weighted by atomic mass is 79.9. The minimum absolute atomic E-state index is 0.235. The molecule has 0 aromatic heterocycles. The van der Waals surface area contributed by atoms with Crippen LogP contribution >= 0.6 is 27.5 Å². The maximum absolute atomic E-state index is 13.2. The van der Waals surface area contributed by atoms with E-state index in [4.69, 9.17) is 16.3 Å². The van der Waals surface area contributed by atoms with Crippen molar-refractivity contribution in [3.05, 3.63) is 62.8 Å². The first-order valence-electron chi connectivity index (χ1n) is 6.66. The van der Waals surface area contributed by atoms with E-state index in [2.05, 4.69) is 28.2 Å². The maximum atomic E-state index is 13.2. The second-order valence-corrected chi connectivity index (χ2v) is 5.82. The van der Waals surface area contributed by atoms with E-state index >= 15 is 0 Å². The number of nitrogens with one attached hydrogen (secondary N) is 1. The third kappa shape index (κ3) is 4.70. The zero-order chi connectivity index (χ0) is 15.2. The maximum Gasteiger partial charge on any atom is 0.123 e. The molecule has 0 saturated heterocycles. The van der Waals surface area contributed by atoms with Gasteiger partial charge in [0.25, 0.3) is 0 Å². The molecule has 0 aliphatic heterocycles. The highest BCUT2D eigenvalue weighted by Gasteiger charge is 2.06. The van der Waals surface area contributed by atoms with Crippen molar-refractivity contribution in [1.82, 2.24) is 5.32 Å². The molecule has 0 spiro atoms. The molecule has 0 fully saturated rings. The molecule has 0 saturated carbocycles. The number of hydrogen-bond acceptors (Lipinski definition) is 2. The Hall–Kier alpha value is -1.10. The van der Waals surface area contributed by atoms with Crippen LogP contribution < -0.4 is 10.1 Å². The molecule has 112 valence electrons. The quantitative estimate of drug-likeness (QED) is 0.776. The SMILES string of the molecule is CCNCc1cc(OCc2cc(F)ccc2Cl)ccc1Br. The summed E-state index contributed by atoms with van der Waals surface area (Å²) in [4.78, 5) is 0. The monoisotopic (exact) mass is 371 g/mol. The van der Waals surface area contributed by atoms with Crippen LogP contribution in [0.3, 0.4) is 0 Å². The summed E-state index contributed by atoms with van der Waals surface area (Å²) >= 11 is 9.53. The van der Waals surface area contributed by atoms with E-state index in [0.29, 0.717) is 10.6 Å². The Kier molecular flexibility index (Phi) is 6.03. The van der Waals surface area contributed by atoms with Gasteiger partial charge in [-0.1, -0.05) is 34.5 Å². The fourth-order valence-corrected chi connectivity index (χ4v) is 2.41. The van der Waals surface area contributed by atoms with E-state index < -0.39 is 0 Å². The van der Waals surface area contributed by atoms with E-state index in [1.54, 1.807) is 0 Å². The lowest BCUT2D eigenvalue weighted by atomic mass is 10.2. The number of halogens is 3. The van der Waals surface area contributed by atoms with Crippen molar-refractivity contribution in [3.63, 3.8) is 0 Å². The van der Waals surface area contributed by atoms with Crippen molar-refractivity contribution in [2.45, 2.75) is 20.1 Å². The fourth-order valence-electron chi connectivity index (χ4n) is 1.85. The Morgan fingerprint density at radius 3 is 2.76 bits per heavy atom. The van der Waals surface area contributed by atoms with E-state index in [9.17, 15) is 4.39 Å². The third-order valence-electron chi connectivity index (χ3n) is 2.98. The molecule has 0 radical (unpaired) electrons. The fraction of sp³-hybridized carbons (Fsp3) is 0.250. The highest BCUT2D eigenvalue weighted by Crippen LogP contribution is 2.24. The van der Waals surface area contributed by atoms with E-state index in [0.717, 1.165) is 28.9 Å². The summed E-state index contributed by atoms with van der Waals surface area (Å²) in [6.07, 6.45) is 0. The molecule has 2 rings (SSSR count). The van der Waals surface area contributed by atoms with Gasteiger partial charge in [-0.3, -0.25) is 0 Å². The van der Waals surface area contributed by atoms with Crippen LogP contribution in [-0.4, -0.2) is 6.54 Å². The van der Waals surface area contributed by atoms with Crippen LogP contribution in [-0.2, 0) is 13.2 Å². The Morgan fingerprint density at radius 1 is 1.19 bits per heavy atom. The van der Waals surface area contributed by atoms with E-state index in [1.807, 2.05) is 18.2 Å². The zero-order valence-corrected chi connectivity index (χ0v) is 14.0. The minimum atomic E-state index is -0.318. The molecule has 21 heavy (non-hydrogen) atoms. The molecule has 0 aliphatic rings. The van der Waals surface area contributed by atoms with Crippen LogP contribution in [0.4, 0.5) is 4.39 Å². The average molecular weight is 373 g/mol. The molecule has 1 N–H and O–H groups in total. The number of hydrogen-bond donors (Lipinski definition) is 1. The van der Waals surface area contributed by atoms with Crippen molar-refractivity contribution in [2.75, 3.05) is 6.54 Å². The van der Waals surface area contributed by atoms with Gasteiger partial charge in [-0.05, 0) is 48.5 Å². The topological polar surface area (TPSA) is 21.3 Å². The van der Waals surface area contributed by atoms with Gasteiger partial charge in [0.05, 0.1) is 0 Å². The molecule has 0 aliphatic carbocycles. The third-order valence-corrected chi connectivity index (χ3v) is 4.13. The van der Waals surface area contributed by atoms with Gasteiger partial charge < -0.3 is 10.1 Å². The first-order valence-corrected chi connectivity index (χ1v) is 7.83. The van der Waals surface area contributed by atoms with Crippen molar-refractivity contribution in [3.8, 4) is 5.75 Å². The molecule has 0 bridgehead atoms. The van der Waals surface area contributed by atoms with Crippen LogP contribution in [0.15, 0.2) is 40.9 Å². The lowest BCUT2D eigenvalue weighted by Crippen LogP contribution is -2.12. The molecule has 2 aromatic rings. The summed E-state index contributed by atoms with van der Waals surface area (Å²) in [5.41, 5.74) is 1.74. The highest BCUT2D eigenvalue weighted by molar-refractivity contribution is 9.10. The molecular weight excluding hydrogens is 357 g/mol. The van der Waals surface area contributed by atoms with Crippen LogP contribution in [0.1, 0.15) is 18.1 Å². The molecular formula is C16H16BrClFNO. The van der Waals surface area contributed by atoms with Crippen LogP contribution in [0.2, 0.25) is 5.02 Å². The first kappa shape index (κ1) is 16.3. The summed E-state index contributed by atoms with van der Waals surface area (Å²) in [6, 6.07) is 10.0. The molecule has 5 heteroatoms. The molecule has 0 atom stereocenters. The summed E-state index contributed by atoms with van der Waals surface area (Å²) in [6.45, 7) is 3.95. The predicted molar refractivity (Wildman–Crippen MR) is 87.3 cm³/mol. The van der Waals surface area contributed by atoms with Gasteiger partial charge in [0.2, 0.25) is 0 Å². The van der Waals surface area contributed by atoms with Gasteiger partial charge in [-0.2, -0.15) is 0 Å². The van der Waals surface area contributed by atoms with Gasteiger partial charge in [0.15, 0.2) is 0 Å². The summed E-state index contributed by atoms with van der Waals surface area (Å²) in [7, 11) is 0. The van der Waals surface area contributed by atoms with E-state index in [-0.39, 0.29) is 12.4 Å². The Balaban J connectivity index is 2.07. The smallest absolute Gasteiger partial charge is 0.123 e. The number of benzene rings is 2. The number of ether oxygens (including phenoxy) is 1. The van der Waals surface area contributed by atoms with Gasteiger partial charge in [-0.25, -0.2) is 4.39 Å². The van der Waals surface area contributed by atoms with Crippen molar-refractivity contribution in [2.24, 2.45) is 0 Å². The average Bonchev–Trinajstić information content (AvgIpc) is 2.48. The van der Waals surface area contributed by atoms with Crippen LogP contribution in [0.5, 0.6) is 5.75 Å². The summed E-state index contributed by atoms with van der Waals surface area (Å²) < 4.78 is 19.9. The van der Waals surface area contributed by atoms with Crippen LogP contribution in [0.25, 0.3) is 0 Å². The van der Waals surface area contributed by atoms with Crippen LogP contribution in [0, 0.1) is 5.82 Å². The molecule has 2 nitrogen and oxygen atoms in total. The molecule has 0 unspecified atom stereocenters. The lowest BCUT2D eigenvalue weighted by Gasteiger charge is -2.11. The van der Waals surface area contributed by atoms with Gasteiger partial charge in [-0.15, -0.1) is 0 Å². The Labute approximate surface area is 137 Å². The Bertz CT molecular complexity index is 621. The summed E-state index contributed by atoms with van der Waals surface area (Å²) in [5, 5.41) is 3.77. The van der Waals surface area contributed by atoms with Gasteiger partial charge in [0.1, 0.15) is 18.2 Å². The van der Waals surface area contributed by atoms with Crippen molar-refractivity contribution >= 4 is 27.5 Å². The predicted octanol–water partition coefficient (Wildman–Crippen LogP) is 4.93. The van der Waals surface area contributed by atoms with Gasteiger partial charge >= 0.3 is 0 Å². The Morgan fingerprint density at radius 2 is 2.00 bits per heavy atom. The molecule has 0 amide bonds. The standard InChI is InChI=1S/C16H16BrClFNO/c1-2-20-9-11-8-14(4-5-15(11)17)21-10-12-7-13(19)3-6-16(12)18/h3-8,20H,2,9-10H2,1H3. The van der Waals surface area contributed by atoms with E-state index in [1.165, 1.54) is 18.2 Å². The normalized spacial score (nSPS) is 10.7.